The Morgan fingerprint density at radius 3 is 2.61 bits per heavy atom. The lowest BCUT2D eigenvalue weighted by Crippen LogP contribution is -2.29. The largest absolute Gasteiger partial charge is 0.459 e. The molecule has 1 saturated heterocycles. The molecule has 1 atom stereocenters. The number of nitriles is 1. The molecule has 6 nitrogen and oxygen atoms in total. The average Bonchev–Trinajstić information content (AvgIpc) is 2.75. The van der Waals surface area contributed by atoms with Crippen molar-refractivity contribution in [3.63, 3.8) is 0 Å². The molecule has 2 aromatic rings. The van der Waals surface area contributed by atoms with Crippen LogP contribution in [0.3, 0.4) is 0 Å². The van der Waals surface area contributed by atoms with Gasteiger partial charge in [0.15, 0.2) is 0 Å². The summed E-state index contributed by atoms with van der Waals surface area (Å²) in [6.45, 7) is 1.31. The number of aliphatic hydroxyl groups is 2. The van der Waals surface area contributed by atoms with Crippen molar-refractivity contribution < 1.29 is 19.7 Å². The van der Waals surface area contributed by atoms with Gasteiger partial charge in [-0.25, -0.2) is 4.79 Å². The van der Waals surface area contributed by atoms with Crippen molar-refractivity contribution in [2.75, 3.05) is 31.2 Å². The topological polar surface area (TPSA) is 93.8 Å². The summed E-state index contributed by atoms with van der Waals surface area (Å²) >= 11 is 0. The van der Waals surface area contributed by atoms with Crippen LogP contribution in [-0.4, -0.2) is 48.6 Å². The number of hydrogen-bond acceptors (Lipinski definition) is 6. The number of piperidine rings is 1. The van der Waals surface area contributed by atoms with Gasteiger partial charge in [0, 0.05) is 18.8 Å². The third-order valence-electron chi connectivity index (χ3n) is 4.84. The van der Waals surface area contributed by atoms with Crippen molar-refractivity contribution in [2.45, 2.75) is 25.4 Å². The SMILES string of the molecule is N#C/C(=C/c1ccc2cc(N3CCCCC3)ccc2c1)C(=O)OCC(O)CO. The molecule has 28 heavy (non-hydrogen) atoms. The van der Waals surface area contributed by atoms with Gasteiger partial charge in [-0.15, -0.1) is 0 Å². The number of anilines is 1. The van der Waals surface area contributed by atoms with Gasteiger partial charge in [-0.3, -0.25) is 0 Å². The molecule has 1 aliphatic heterocycles. The van der Waals surface area contributed by atoms with Gasteiger partial charge in [0.25, 0.3) is 0 Å². The average molecular weight is 380 g/mol. The number of aliphatic hydroxyl groups excluding tert-OH is 2. The molecule has 1 unspecified atom stereocenters. The first-order valence-corrected chi connectivity index (χ1v) is 9.47. The fourth-order valence-corrected chi connectivity index (χ4v) is 3.30. The molecule has 0 aromatic heterocycles. The molecule has 2 aromatic carbocycles. The van der Waals surface area contributed by atoms with Gasteiger partial charge in [-0.05, 0) is 59.9 Å². The molecule has 0 spiro atoms. The van der Waals surface area contributed by atoms with Gasteiger partial charge < -0.3 is 19.8 Å². The molecule has 1 fully saturated rings. The minimum absolute atomic E-state index is 0.158. The van der Waals surface area contributed by atoms with Crippen molar-refractivity contribution in [2.24, 2.45) is 0 Å². The van der Waals surface area contributed by atoms with Crippen molar-refractivity contribution in [1.82, 2.24) is 0 Å². The van der Waals surface area contributed by atoms with Gasteiger partial charge in [-0.2, -0.15) is 5.26 Å². The lowest BCUT2D eigenvalue weighted by atomic mass is 10.0. The number of fused-ring (bicyclic) bond motifs is 1. The Morgan fingerprint density at radius 2 is 1.89 bits per heavy atom. The van der Waals surface area contributed by atoms with Crippen molar-refractivity contribution in [1.29, 1.82) is 5.26 Å². The second-order valence-corrected chi connectivity index (χ2v) is 6.94. The zero-order valence-electron chi connectivity index (χ0n) is 15.7. The van der Waals surface area contributed by atoms with Crippen molar-refractivity contribution >= 4 is 28.5 Å². The molecule has 0 bridgehead atoms. The summed E-state index contributed by atoms with van der Waals surface area (Å²) in [6.07, 6.45) is 4.06. The van der Waals surface area contributed by atoms with Crippen molar-refractivity contribution in [3.8, 4) is 6.07 Å². The molecular weight excluding hydrogens is 356 g/mol. The molecule has 1 heterocycles. The third-order valence-corrected chi connectivity index (χ3v) is 4.84. The fourth-order valence-electron chi connectivity index (χ4n) is 3.30. The third kappa shape index (κ3) is 4.89. The first kappa shape index (κ1) is 19.9. The second-order valence-electron chi connectivity index (χ2n) is 6.94. The van der Waals surface area contributed by atoms with Crippen LogP contribution in [0.15, 0.2) is 42.0 Å². The molecule has 0 aliphatic carbocycles. The standard InChI is InChI=1S/C22H24N2O4/c23-13-19(22(27)28-15-21(26)14-25)11-16-4-5-18-12-20(7-6-17(18)10-16)24-8-2-1-3-9-24/h4-7,10-12,21,25-26H,1-3,8-9,14-15H2/b19-11-. The Balaban J connectivity index is 1.78. The van der Waals surface area contributed by atoms with E-state index in [-0.39, 0.29) is 12.2 Å². The first-order valence-electron chi connectivity index (χ1n) is 9.47. The summed E-state index contributed by atoms with van der Waals surface area (Å²) in [6, 6.07) is 13.9. The van der Waals surface area contributed by atoms with Crippen LogP contribution in [0.4, 0.5) is 5.69 Å². The number of nitrogens with zero attached hydrogens (tertiary/aromatic N) is 2. The second kappa shape index (κ2) is 9.36. The number of ether oxygens (including phenoxy) is 1. The van der Waals surface area contributed by atoms with Crippen LogP contribution >= 0.6 is 0 Å². The highest BCUT2D eigenvalue weighted by Gasteiger charge is 2.14. The van der Waals surface area contributed by atoms with Crippen LogP contribution in [0.25, 0.3) is 16.8 Å². The summed E-state index contributed by atoms with van der Waals surface area (Å²) in [5.41, 5.74) is 1.78. The molecule has 1 aliphatic rings. The lowest BCUT2D eigenvalue weighted by Gasteiger charge is -2.29. The van der Waals surface area contributed by atoms with E-state index in [1.165, 1.54) is 31.0 Å². The molecule has 3 rings (SSSR count). The normalized spacial score (nSPS) is 15.9. The Kier molecular flexibility index (Phi) is 6.64. The van der Waals surface area contributed by atoms with Crippen LogP contribution in [0, 0.1) is 11.3 Å². The zero-order chi connectivity index (χ0) is 19.9. The number of rotatable bonds is 6. The number of carbonyl (C=O) groups is 1. The van der Waals surface area contributed by atoms with E-state index in [0.29, 0.717) is 0 Å². The molecular formula is C22H24N2O4. The van der Waals surface area contributed by atoms with E-state index in [4.69, 9.17) is 9.84 Å². The Morgan fingerprint density at radius 1 is 1.18 bits per heavy atom. The highest BCUT2D eigenvalue weighted by atomic mass is 16.5. The van der Waals surface area contributed by atoms with E-state index in [1.54, 1.807) is 0 Å². The van der Waals surface area contributed by atoms with Gasteiger partial charge in [0.2, 0.25) is 0 Å². The van der Waals surface area contributed by atoms with Gasteiger partial charge in [-0.1, -0.05) is 18.2 Å². The molecule has 146 valence electrons. The number of esters is 1. The van der Waals surface area contributed by atoms with Gasteiger partial charge in [0.05, 0.1) is 6.61 Å². The number of carbonyl (C=O) groups excluding carboxylic acids is 1. The lowest BCUT2D eigenvalue weighted by molar-refractivity contribution is -0.142. The minimum atomic E-state index is -1.15. The number of benzene rings is 2. The predicted molar refractivity (Wildman–Crippen MR) is 108 cm³/mol. The van der Waals surface area contributed by atoms with E-state index >= 15 is 0 Å². The van der Waals surface area contributed by atoms with Crippen LogP contribution in [0.5, 0.6) is 0 Å². The smallest absolute Gasteiger partial charge is 0.348 e. The Hall–Kier alpha value is -2.88. The Bertz CT molecular complexity index is 910. The van der Waals surface area contributed by atoms with Gasteiger partial charge >= 0.3 is 5.97 Å². The molecule has 0 radical (unpaired) electrons. The van der Waals surface area contributed by atoms with Gasteiger partial charge in [0.1, 0.15) is 24.4 Å². The van der Waals surface area contributed by atoms with E-state index in [0.717, 1.165) is 29.4 Å². The Labute approximate surface area is 164 Å². The summed E-state index contributed by atoms with van der Waals surface area (Å²) in [7, 11) is 0. The zero-order valence-corrected chi connectivity index (χ0v) is 15.7. The highest BCUT2D eigenvalue weighted by Crippen LogP contribution is 2.26. The summed E-state index contributed by atoms with van der Waals surface area (Å²) in [5, 5.41) is 29.4. The summed E-state index contributed by atoms with van der Waals surface area (Å²) in [4.78, 5) is 14.4. The van der Waals surface area contributed by atoms with Crippen LogP contribution in [-0.2, 0) is 9.53 Å². The van der Waals surface area contributed by atoms with Crippen molar-refractivity contribution in [3.05, 3.63) is 47.5 Å². The molecule has 2 N–H and O–H groups in total. The fraction of sp³-hybridized carbons (Fsp3) is 0.364. The van der Waals surface area contributed by atoms with Crippen LogP contribution in [0.1, 0.15) is 24.8 Å². The summed E-state index contributed by atoms with van der Waals surface area (Å²) in [5.74, 6) is -0.824. The highest BCUT2D eigenvalue weighted by molar-refractivity contribution is 5.98. The van der Waals surface area contributed by atoms with Crippen LogP contribution in [0.2, 0.25) is 0 Å². The van der Waals surface area contributed by atoms with E-state index in [1.807, 2.05) is 24.3 Å². The minimum Gasteiger partial charge on any atom is -0.459 e. The van der Waals surface area contributed by atoms with E-state index in [9.17, 15) is 15.2 Å². The quantitative estimate of drug-likeness (QED) is 0.455. The maximum atomic E-state index is 12.0. The van der Waals surface area contributed by atoms with E-state index in [2.05, 4.69) is 23.1 Å². The number of hydrogen-bond donors (Lipinski definition) is 2. The maximum Gasteiger partial charge on any atom is 0.348 e. The van der Waals surface area contributed by atoms with Crippen LogP contribution < -0.4 is 4.90 Å². The summed E-state index contributed by atoms with van der Waals surface area (Å²) < 4.78 is 4.85. The maximum absolute atomic E-state index is 12.0. The first-order chi connectivity index (χ1) is 13.6. The molecule has 0 amide bonds. The predicted octanol–water partition coefficient (Wildman–Crippen LogP) is 2.63. The monoisotopic (exact) mass is 380 g/mol. The molecule has 6 heteroatoms. The molecule has 0 saturated carbocycles. The van der Waals surface area contributed by atoms with E-state index < -0.39 is 18.7 Å².